The standard InChI is InChI=1S/C15H12N4O3S/c1-16-15-18(13(10-23-15)14-7-4-8-22-14)17-9-11-5-2-3-6-12(11)19(20)21/h2-10H,1H3/b16-15?,17-9+. The summed E-state index contributed by atoms with van der Waals surface area (Å²) in [6.45, 7) is 0. The Morgan fingerprint density at radius 1 is 1.30 bits per heavy atom. The summed E-state index contributed by atoms with van der Waals surface area (Å²) in [5, 5.41) is 17.3. The van der Waals surface area contributed by atoms with Crippen molar-refractivity contribution in [1.29, 1.82) is 0 Å². The Morgan fingerprint density at radius 3 is 2.83 bits per heavy atom. The van der Waals surface area contributed by atoms with Crippen molar-refractivity contribution in [2.75, 3.05) is 7.05 Å². The van der Waals surface area contributed by atoms with Crippen LogP contribution in [0, 0.1) is 10.1 Å². The summed E-state index contributed by atoms with van der Waals surface area (Å²) >= 11 is 1.41. The maximum absolute atomic E-state index is 11.1. The minimum Gasteiger partial charge on any atom is -0.463 e. The zero-order valence-corrected chi connectivity index (χ0v) is 12.9. The Kier molecular flexibility index (Phi) is 4.15. The molecule has 0 bridgehead atoms. The number of rotatable bonds is 4. The van der Waals surface area contributed by atoms with Gasteiger partial charge in [-0.15, -0.1) is 11.3 Å². The third kappa shape index (κ3) is 2.97. The van der Waals surface area contributed by atoms with E-state index in [2.05, 4.69) is 10.1 Å². The first kappa shape index (κ1) is 14.9. The fraction of sp³-hybridized carbons (Fsp3) is 0.0667. The summed E-state index contributed by atoms with van der Waals surface area (Å²) < 4.78 is 6.99. The van der Waals surface area contributed by atoms with Gasteiger partial charge in [-0.2, -0.15) is 5.10 Å². The third-order valence-corrected chi connectivity index (χ3v) is 4.00. The number of para-hydroxylation sites is 1. The molecule has 2 heterocycles. The predicted octanol–water partition coefficient (Wildman–Crippen LogP) is 3.13. The molecule has 0 N–H and O–H groups in total. The zero-order chi connectivity index (χ0) is 16.2. The molecule has 2 aromatic heterocycles. The van der Waals surface area contributed by atoms with E-state index in [4.69, 9.17) is 4.42 Å². The molecule has 7 nitrogen and oxygen atoms in total. The minimum absolute atomic E-state index is 0.00150. The van der Waals surface area contributed by atoms with Gasteiger partial charge in [-0.1, -0.05) is 12.1 Å². The van der Waals surface area contributed by atoms with E-state index < -0.39 is 4.92 Å². The maximum Gasteiger partial charge on any atom is 0.278 e. The second-order valence-electron chi connectivity index (χ2n) is 4.48. The van der Waals surface area contributed by atoms with Crippen LogP contribution in [0.3, 0.4) is 0 Å². The molecule has 23 heavy (non-hydrogen) atoms. The maximum atomic E-state index is 11.1. The predicted molar refractivity (Wildman–Crippen MR) is 87.6 cm³/mol. The number of nitrogens with zero attached hydrogens (tertiary/aromatic N) is 4. The highest BCUT2D eigenvalue weighted by Gasteiger charge is 2.12. The highest BCUT2D eigenvalue weighted by Crippen LogP contribution is 2.21. The molecule has 3 rings (SSSR count). The van der Waals surface area contributed by atoms with Gasteiger partial charge in [0.15, 0.2) is 5.76 Å². The Bertz CT molecular complexity index is 922. The SMILES string of the molecule is CN=c1scc(-c2ccco2)n1/N=C/c1ccccc1[N+](=O)[O-]. The third-order valence-electron chi connectivity index (χ3n) is 3.10. The average molecular weight is 328 g/mol. The fourth-order valence-corrected chi connectivity index (χ4v) is 2.82. The van der Waals surface area contributed by atoms with Gasteiger partial charge in [0.2, 0.25) is 4.80 Å². The lowest BCUT2D eigenvalue weighted by Gasteiger charge is -2.00. The van der Waals surface area contributed by atoms with Gasteiger partial charge in [0.05, 0.1) is 23.0 Å². The lowest BCUT2D eigenvalue weighted by Crippen LogP contribution is -2.11. The Labute approximate surface area is 135 Å². The zero-order valence-electron chi connectivity index (χ0n) is 12.1. The van der Waals surface area contributed by atoms with Crippen LogP contribution < -0.4 is 4.80 Å². The van der Waals surface area contributed by atoms with Crippen molar-refractivity contribution in [2.45, 2.75) is 0 Å². The largest absolute Gasteiger partial charge is 0.463 e. The van der Waals surface area contributed by atoms with E-state index in [-0.39, 0.29) is 5.69 Å². The van der Waals surface area contributed by atoms with Gasteiger partial charge in [-0.3, -0.25) is 15.1 Å². The van der Waals surface area contributed by atoms with Gasteiger partial charge in [0.1, 0.15) is 5.69 Å². The van der Waals surface area contributed by atoms with Crippen molar-refractivity contribution >= 4 is 23.2 Å². The molecule has 0 spiro atoms. The van der Waals surface area contributed by atoms with Gasteiger partial charge in [0, 0.05) is 18.5 Å². The molecule has 0 saturated carbocycles. The number of benzene rings is 1. The lowest BCUT2D eigenvalue weighted by molar-refractivity contribution is -0.385. The first-order chi connectivity index (χ1) is 11.2. The summed E-state index contributed by atoms with van der Waals surface area (Å²) in [6.07, 6.45) is 3.03. The average Bonchev–Trinajstić information content (AvgIpc) is 3.21. The van der Waals surface area contributed by atoms with Gasteiger partial charge in [0.25, 0.3) is 5.69 Å². The smallest absolute Gasteiger partial charge is 0.278 e. The first-order valence-corrected chi connectivity index (χ1v) is 7.53. The van der Waals surface area contributed by atoms with Crippen molar-refractivity contribution in [2.24, 2.45) is 10.1 Å². The van der Waals surface area contributed by atoms with E-state index >= 15 is 0 Å². The van der Waals surface area contributed by atoms with Crippen LogP contribution in [0.2, 0.25) is 0 Å². The molecule has 0 saturated heterocycles. The van der Waals surface area contributed by atoms with E-state index in [1.807, 2.05) is 11.4 Å². The summed E-state index contributed by atoms with van der Waals surface area (Å²) in [5.74, 6) is 0.649. The van der Waals surface area contributed by atoms with E-state index in [9.17, 15) is 10.1 Å². The summed E-state index contributed by atoms with van der Waals surface area (Å²) in [4.78, 5) is 15.5. The molecule has 1 aromatic carbocycles. The van der Waals surface area contributed by atoms with Crippen LogP contribution in [0.1, 0.15) is 5.56 Å². The Balaban J connectivity index is 2.07. The van der Waals surface area contributed by atoms with Crippen LogP contribution in [0.25, 0.3) is 11.5 Å². The molecule has 0 atom stereocenters. The van der Waals surface area contributed by atoms with Crippen LogP contribution in [-0.4, -0.2) is 22.9 Å². The number of nitro groups is 1. The Hall–Kier alpha value is -3.00. The number of aromatic nitrogens is 1. The number of thiazole rings is 1. The van der Waals surface area contributed by atoms with E-state index in [0.717, 1.165) is 5.69 Å². The van der Waals surface area contributed by atoms with Crippen molar-refractivity contribution in [1.82, 2.24) is 4.68 Å². The molecule has 0 aliphatic rings. The molecule has 116 valence electrons. The van der Waals surface area contributed by atoms with Crippen LogP contribution in [0.15, 0.2) is 62.6 Å². The summed E-state index contributed by atoms with van der Waals surface area (Å²) in [5.41, 5.74) is 1.15. The van der Waals surface area contributed by atoms with Crippen LogP contribution in [0.5, 0.6) is 0 Å². The second-order valence-corrected chi connectivity index (χ2v) is 5.31. The minimum atomic E-state index is -0.432. The van der Waals surface area contributed by atoms with E-state index in [1.54, 1.807) is 42.3 Å². The first-order valence-electron chi connectivity index (χ1n) is 6.65. The van der Waals surface area contributed by atoms with E-state index in [1.165, 1.54) is 23.6 Å². The number of hydrogen-bond acceptors (Lipinski definition) is 6. The van der Waals surface area contributed by atoms with Gasteiger partial charge in [-0.05, 0) is 18.2 Å². The molecule has 0 amide bonds. The molecule has 0 unspecified atom stereocenters. The number of nitro benzene ring substituents is 1. The molecule has 0 radical (unpaired) electrons. The van der Waals surface area contributed by atoms with Gasteiger partial charge < -0.3 is 4.42 Å². The quantitative estimate of drug-likeness (QED) is 0.419. The monoisotopic (exact) mass is 328 g/mol. The molecule has 0 aliphatic carbocycles. The van der Waals surface area contributed by atoms with Crippen molar-refractivity contribution < 1.29 is 9.34 Å². The van der Waals surface area contributed by atoms with Crippen LogP contribution >= 0.6 is 11.3 Å². The van der Waals surface area contributed by atoms with Gasteiger partial charge >= 0.3 is 0 Å². The number of hydrogen-bond donors (Lipinski definition) is 0. The topological polar surface area (TPSA) is 85.9 Å². The van der Waals surface area contributed by atoms with Crippen LogP contribution in [0.4, 0.5) is 5.69 Å². The molecular formula is C15H12N4O3S. The fourth-order valence-electron chi connectivity index (χ4n) is 2.04. The van der Waals surface area contributed by atoms with Crippen molar-refractivity contribution in [3.05, 3.63) is 68.5 Å². The summed E-state index contributed by atoms with van der Waals surface area (Å²) in [6, 6.07) is 10.0. The Morgan fingerprint density at radius 2 is 2.13 bits per heavy atom. The molecule has 8 heteroatoms. The highest BCUT2D eigenvalue weighted by atomic mass is 32.1. The lowest BCUT2D eigenvalue weighted by atomic mass is 10.2. The van der Waals surface area contributed by atoms with Gasteiger partial charge in [-0.25, -0.2) is 4.68 Å². The molecule has 0 fully saturated rings. The summed E-state index contributed by atoms with van der Waals surface area (Å²) in [7, 11) is 1.66. The second kappa shape index (κ2) is 6.41. The van der Waals surface area contributed by atoms with Crippen LogP contribution in [-0.2, 0) is 0 Å². The molecule has 0 aliphatic heterocycles. The molecule has 3 aromatic rings. The molecular weight excluding hydrogens is 316 g/mol. The highest BCUT2D eigenvalue weighted by molar-refractivity contribution is 7.07. The number of furan rings is 1. The van der Waals surface area contributed by atoms with E-state index in [0.29, 0.717) is 16.1 Å². The van der Waals surface area contributed by atoms with Crippen molar-refractivity contribution in [3.8, 4) is 11.5 Å². The normalized spacial score (nSPS) is 12.1. The van der Waals surface area contributed by atoms with Crippen molar-refractivity contribution in [3.63, 3.8) is 0 Å².